The monoisotopic (exact) mass is 361 g/mol. The molecule has 0 saturated carbocycles. The molecule has 0 aliphatic carbocycles. The van der Waals surface area contributed by atoms with Gasteiger partial charge in [0.05, 0.1) is 17.9 Å². The number of aryl methyl sites for hydroxylation is 1. The number of benzene rings is 2. The predicted octanol–water partition coefficient (Wildman–Crippen LogP) is 3.52. The quantitative estimate of drug-likeness (QED) is 0.601. The molecule has 0 unspecified atom stereocenters. The van der Waals surface area contributed by atoms with Crippen molar-refractivity contribution in [1.29, 1.82) is 0 Å². The van der Waals surface area contributed by atoms with Crippen molar-refractivity contribution in [2.45, 2.75) is 26.8 Å². The molecule has 2 aromatic carbocycles. The van der Waals surface area contributed by atoms with Crippen LogP contribution in [0, 0.1) is 13.8 Å². The number of nitrogens with one attached hydrogen (secondary N) is 1. The van der Waals surface area contributed by atoms with Gasteiger partial charge in [0.15, 0.2) is 5.69 Å². The van der Waals surface area contributed by atoms with Crippen molar-refractivity contribution in [1.82, 2.24) is 25.4 Å². The lowest BCUT2D eigenvalue weighted by molar-refractivity contribution is 0.0929. The number of aromatic nitrogens is 4. The lowest BCUT2D eigenvalue weighted by Gasteiger charge is -2.14. The molecule has 0 bridgehead atoms. The second kappa shape index (κ2) is 6.68. The first-order chi connectivity index (χ1) is 13.1. The lowest BCUT2D eigenvalue weighted by atomic mass is 10.1. The molecule has 0 radical (unpaired) electrons. The van der Waals surface area contributed by atoms with E-state index in [1.807, 2.05) is 42.8 Å². The Kier molecular flexibility index (Phi) is 4.19. The minimum absolute atomic E-state index is 0.195. The van der Waals surface area contributed by atoms with Crippen LogP contribution in [0.4, 0.5) is 0 Å². The van der Waals surface area contributed by atoms with E-state index in [2.05, 4.69) is 43.6 Å². The maximum absolute atomic E-state index is 12.4. The van der Waals surface area contributed by atoms with Gasteiger partial charge in [0, 0.05) is 16.6 Å². The third-order valence-corrected chi connectivity index (χ3v) is 4.72. The van der Waals surface area contributed by atoms with Crippen LogP contribution in [-0.4, -0.2) is 26.0 Å². The van der Waals surface area contributed by atoms with E-state index in [-0.39, 0.29) is 17.6 Å². The summed E-state index contributed by atoms with van der Waals surface area (Å²) in [5.41, 5.74) is 3.57. The Balaban J connectivity index is 1.66. The first kappa shape index (κ1) is 17.0. The highest BCUT2D eigenvalue weighted by molar-refractivity contribution is 5.93. The van der Waals surface area contributed by atoms with Gasteiger partial charge in [-0.3, -0.25) is 4.79 Å². The molecule has 0 saturated heterocycles. The highest BCUT2D eigenvalue weighted by atomic mass is 16.6. The topological polar surface area (TPSA) is 85.8 Å². The van der Waals surface area contributed by atoms with Crippen molar-refractivity contribution in [3.63, 3.8) is 0 Å². The molecule has 4 aromatic rings. The van der Waals surface area contributed by atoms with Crippen LogP contribution in [0.2, 0.25) is 0 Å². The molecule has 1 N–H and O–H groups in total. The molecule has 0 fully saturated rings. The summed E-state index contributed by atoms with van der Waals surface area (Å²) in [6.45, 7) is 5.59. The van der Waals surface area contributed by atoms with Gasteiger partial charge < -0.3 is 5.32 Å². The van der Waals surface area contributed by atoms with Gasteiger partial charge in [-0.05, 0) is 37.4 Å². The fraction of sp³-hybridized carbons (Fsp3) is 0.200. The Labute approximate surface area is 156 Å². The van der Waals surface area contributed by atoms with Gasteiger partial charge in [0.25, 0.3) is 5.91 Å². The number of nitrogens with zero attached hydrogens (tertiary/aromatic N) is 4. The number of carbonyl (C=O) groups excluding carboxylic acids is 1. The molecule has 0 aliphatic rings. The van der Waals surface area contributed by atoms with Crippen molar-refractivity contribution in [3.8, 4) is 5.69 Å². The minimum Gasteiger partial charge on any atom is -0.344 e. The number of rotatable bonds is 4. The van der Waals surface area contributed by atoms with Crippen LogP contribution in [0.3, 0.4) is 0 Å². The van der Waals surface area contributed by atoms with Crippen LogP contribution in [0.25, 0.3) is 16.5 Å². The van der Waals surface area contributed by atoms with Gasteiger partial charge in [-0.1, -0.05) is 41.6 Å². The molecular weight excluding hydrogens is 342 g/mol. The van der Waals surface area contributed by atoms with Gasteiger partial charge in [-0.15, -0.1) is 0 Å². The largest absolute Gasteiger partial charge is 0.344 e. The molecule has 27 heavy (non-hydrogen) atoms. The predicted molar refractivity (Wildman–Crippen MR) is 101 cm³/mol. The molecule has 136 valence electrons. The highest BCUT2D eigenvalue weighted by Crippen LogP contribution is 2.26. The number of amides is 1. The lowest BCUT2D eigenvalue weighted by Crippen LogP contribution is -2.27. The molecule has 2 heterocycles. The highest BCUT2D eigenvalue weighted by Gasteiger charge is 2.21. The Morgan fingerprint density at radius 3 is 2.67 bits per heavy atom. The van der Waals surface area contributed by atoms with E-state index in [4.69, 9.17) is 0 Å². The zero-order valence-electron chi connectivity index (χ0n) is 15.3. The average molecular weight is 361 g/mol. The average Bonchev–Trinajstić information content (AvgIpc) is 3.27. The molecule has 4 rings (SSSR count). The summed E-state index contributed by atoms with van der Waals surface area (Å²) < 4.78 is 6.51. The summed E-state index contributed by atoms with van der Waals surface area (Å²) in [4.78, 5) is 12.4. The molecule has 1 amide bonds. The Hall–Kier alpha value is -3.48. The summed E-state index contributed by atoms with van der Waals surface area (Å²) in [7, 11) is 0. The number of carbonyl (C=O) groups is 1. The van der Waals surface area contributed by atoms with E-state index in [1.165, 1.54) is 0 Å². The van der Waals surface area contributed by atoms with E-state index < -0.39 is 0 Å². The zero-order chi connectivity index (χ0) is 19.0. The van der Waals surface area contributed by atoms with E-state index in [9.17, 15) is 4.79 Å². The van der Waals surface area contributed by atoms with Crippen molar-refractivity contribution < 1.29 is 9.42 Å². The van der Waals surface area contributed by atoms with E-state index in [1.54, 1.807) is 13.1 Å². The SMILES string of the molecule is Cc1nonc1C(=O)N[C@H](C)c1cnn(-c2cccc3ccccc23)c1C. The maximum atomic E-state index is 12.4. The summed E-state index contributed by atoms with van der Waals surface area (Å²) in [5.74, 6) is -0.321. The minimum atomic E-state index is -0.321. The fourth-order valence-electron chi connectivity index (χ4n) is 3.26. The standard InChI is InChI=1S/C20H19N5O2/c1-12(22-20(26)19-13(2)23-27-24-19)17-11-21-25(14(17)3)18-10-6-8-15-7-4-5-9-16(15)18/h4-12H,1-3H3,(H,22,26)/t12-/m1/s1. The molecule has 7 heteroatoms. The summed E-state index contributed by atoms with van der Waals surface area (Å²) in [5, 5.41) is 17.1. The molecule has 1 atom stereocenters. The van der Waals surface area contributed by atoms with Crippen LogP contribution >= 0.6 is 0 Å². The van der Waals surface area contributed by atoms with Crippen LogP contribution in [0.15, 0.2) is 53.3 Å². The number of fused-ring (bicyclic) bond motifs is 1. The fourth-order valence-corrected chi connectivity index (χ4v) is 3.26. The van der Waals surface area contributed by atoms with Gasteiger partial charge in [-0.25, -0.2) is 9.31 Å². The summed E-state index contributed by atoms with van der Waals surface area (Å²) in [6, 6.07) is 14.1. The molecular formula is C20H19N5O2. The third kappa shape index (κ3) is 2.97. The Bertz CT molecular complexity index is 1120. The number of hydrogen-bond acceptors (Lipinski definition) is 5. The molecule has 0 aliphatic heterocycles. The molecule has 0 spiro atoms. The van der Waals surface area contributed by atoms with Gasteiger partial charge in [-0.2, -0.15) is 5.10 Å². The van der Waals surface area contributed by atoms with Gasteiger partial charge in [0.2, 0.25) is 0 Å². The van der Waals surface area contributed by atoms with Crippen LogP contribution < -0.4 is 5.32 Å². The van der Waals surface area contributed by atoms with Crippen LogP contribution in [0.5, 0.6) is 0 Å². The van der Waals surface area contributed by atoms with Crippen molar-refractivity contribution in [2.75, 3.05) is 0 Å². The van der Waals surface area contributed by atoms with Gasteiger partial charge >= 0.3 is 0 Å². The normalized spacial score (nSPS) is 12.3. The molecule has 2 aromatic heterocycles. The summed E-state index contributed by atoms with van der Waals surface area (Å²) in [6.07, 6.45) is 1.79. The second-order valence-corrected chi connectivity index (χ2v) is 6.49. The van der Waals surface area contributed by atoms with E-state index in [0.29, 0.717) is 5.69 Å². The van der Waals surface area contributed by atoms with Gasteiger partial charge in [0.1, 0.15) is 5.69 Å². The van der Waals surface area contributed by atoms with E-state index >= 15 is 0 Å². The second-order valence-electron chi connectivity index (χ2n) is 6.49. The first-order valence-electron chi connectivity index (χ1n) is 8.69. The first-order valence-corrected chi connectivity index (χ1v) is 8.69. The van der Waals surface area contributed by atoms with Crippen molar-refractivity contribution >= 4 is 16.7 Å². The Morgan fingerprint density at radius 2 is 1.89 bits per heavy atom. The maximum Gasteiger partial charge on any atom is 0.275 e. The van der Waals surface area contributed by atoms with Crippen molar-refractivity contribution in [3.05, 3.63) is 71.3 Å². The van der Waals surface area contributed by atoms with Crippen LogP contribution in [0.1, 0.15) is 40.4 Å². The molecule has 7 nitrogen and oxygen atoms in total. The van der Waals surface area contributed by atoms with E-state index in [0.717, 1.165) is 27.7 Å². The third-order valence-electron chi connectivity index (χ3n) is 4.72. The van der Waals surface area contributed by atoms with Crippen LogP contribution in [-0.2, 0) is 0 Å². The van der Waals surface area contributed by atoms with Crippen molar-refractivity contribution in [2.24, 2.45) is 0 Å². The zero-order valence-corrected chi connectivity index (χ0v) is 15.3. The number of hydrogen-bond donors (Lipinski definition) is 1. The Morgan fingerprint density at radius 1 is 1.11 bits per heavy atom. The smallest absolute Gasteiger partial charge is 0.275 e. The summed E-state index contributed by atoms with van der Waals surface area (Å²) >= 11 is 0.